The average Bonchev–Trinajstić information content (AvgIpc) is 3.31. The van der Waals surface area contributed by atoms with Gasteiger partial charge in [0.15, 0.2) is 0 Å². The summed E-state index contributed by atoms with van der Waals surface area (Å²) in [4.78, 5) is 4.80. The second-order valence-corrected chi connectivity index (χ2v) is 8.80. The van der Waals surface area contributed by atoms with Gasteiger partial charge in [0, 0.05) is 36.8 Å². The van der Waals surface area contributed by atoms with Gasteiger partial charge in [0.1, 0.15) is 12.0 Å². The summed E-state index contributed by atoms with van der Waals surface area (Å²) in [6.45, 7) is 9.23. The lowest BCUT2D eigenvalue weighted by Gasteiger charge is -2.28. The number of anilines is 1. The summed E-state index contributed by atoms with van der Waals surface area (Å²) in [7, 11) is 2.18. The van der Waals surface area contributed by atoms with Gasteiger partial charge in [-0.25, -0.2) is 0 Å². The highest BCUT2D eigenvalue weighted by atomic mass is 15.4. The number of aromatic nitrogens is 1. The SMILES string of the molecule is CC(C)c1cccc(C(C)C)c1-n1c2c(c3ccccc31)CC1N(C)C=CN21. The highest BCUT2D eigenvalue weighted by Gasteiger charge is 2.39. The molecule has 0 radical (unpaired) electrons. The van der Waals surface area contributed by atoms with Crippen LogP contribution in [0.2, 0.25) is 0 Å². The molecule has 3 aromatic rings. The van der Waals surface area contributed by atoms with Gasteiger partial charge in [0.2, 0.25) is 0 Å². The van der Waals surface area contributed by atoms with E-state index in [1.54, 1.807) is 0 Å². The van der Waals surface area contributed by atoms with Crippen LogP contribution in [0.3, 0.4) is 0 Å². The summed E-state index contributed by atoms with van der Waals surface area (Å²) in [5.41, 5.74) is 7.03. The Kier molecular flexibility index (Phi) is 3.84. The Hall–Kier alpha value is -2.68. The molecule has 2 aliphatic rings. The molecule has 0 bridgehead atoms. The van der Waals surface area contributed by atoms with Gasteiger partial charge in [0.25, 0.3) is 0 Å². The summed E-state index contributed by atoms with van der Waals surface area (Å²) < 4.78 is 2.55. The van der Waals surface area contributed by atoms with Crippen LogP contribution in [0, 0.1) is 0 Å². The fraction of sp³-hybridized carbons (Fsp3) is 0.360. The van der Waals surface area contributed by atoms with Crippen LogP contribution in [0.15, 0.2) is 54.9 Å². The van der Waals surface area contributed by atoms with E-state index in [0.717, 1.165) is 6.42 Å². The van der Waals surface area contributed by atoms with E-state index < -0.39 is 0 Å². The third kappa shape index (κ3) is 2.28. The Bertz CT molecular complexity index is 1060. The molecule has 28 heavy (non-hydrogen) atoms. The summed E-state index contributed by atoms with van der Waals surface area (Å²) in [6.07, 6.45) is 5.91. The smallest absolute Gasteiger partial charge is 0.123 e. The average molecular weight is 372 g/mol. The van der Waals surface area contributed by atoms with E-state index in [1.807, 2.05) is 0 Å². The molecular formula is C25H29N3. The number of fused-ring (bicyclic) bond motifs is 5. The molecule has 0 saturated carbocycles. The van der Waals surface area contributed by atoms with Crippen LogP contribution in [-0.2, 0) is 6.42 Å². The first-order valence-corrected chi connectivity index (χ1v) is 10.4. The number of nitrogens with zero attached hydrogens (tertiary/aromatic N) is 3. The quantitative estimate of drug-likeness (QED) is 0.561. The molecule has 0 fully saturated rings. The summed E-state index contributed by atoms with van der Waals surface area (Å²) in [5.74, 6) is 2.29. The molecule has 5 rings (SSSR count). The predicted octanol–water partition coefficient (Wildman–Crippen LogP) is 5.98. The van der Waals surface area contributed by atoms with Crippen molar-refractivity contribution in [2.75, 3.05) is 11.9 Å². The van der Waals surface area contributed by atoms with Gasteiger partial charge in [-0.2, -0.15) is 0 Å². The molecule has 0 saturated heterocycles. The van der Waals surface area contributed by atoms with Crippen LogP contribution in [0.1, 0.15) is 56.2 Å². The molecule has 1 aromatic heterocycles. The standard InChI is InChI=1S/C25H29N3/c1-16(2)18-10-8-11-19(17(3)4)24(18)28-22-12-7-6-9-20(22)21-15-23-26(5)13-14-27(23)25(21)28/h6-14,16-17,23H,15H2,1-5H3. The summed E-state index contributed by atoms with van der Waals surface area (Å²) in [5, 5.41) is 1.39. The van der Waals surface area contributed by atoms with Crippen LogP contribution in [-0.4, -0.2) is 22.7 Å². The van der Waals surface area contributed by atoms with Gasteiger partial charge < -0.3 is 9.80 Å². The van der Waals surface area contributed by atoms with Crippen molar-refractivity contribution in [3.63, 3.8) is 0 Å². The van der Waals surface area contributed by atoms with Crippen molar-refractivity contribution in [3.05, 3.63) is 71.6 Å². The largest absolute Gasteiger partial charge is 0.358 e. The number of rotatable bonds is 3. The van der Waals surface area contributed by atoms with Gasteiger partial charge in [0.05, 0.1) is 11.2 Å². The maximum atomic E-state index is 2.55. The van der Waals surface area contributed by atoms with Crippen molar-refractivity contribution >= 4 is 16.7 Å². The van der Waals surface area contributed by atoms with Crippen molar-refractivity contribution in [1.82, 2.24) is 9.47 Å². The van der Waals surface area contributed by atoms with E-state index in [-0.39, 0.29) is 0 Å². The molecule has 3 heteroatoms. The number of hydrogen-bond donors (Lipinski definition) is 0. The monoisotopic (exact) mass is 371 g/mol. The first-order valence-electron chi connectivity index (χ1n) is 10.4. The number of benzene rings is 2. The lowest BCUT2D eigenvalue weighted by Crippen LogP contribution is -2.34. The Balaban J connectivity index is 1.89. The van der Waals surface area contributed by atoms with E-state index in [1.165, 1.54) is 39.1 Å². The van der Waals surface area contributed by atoms with Crippen LogP contribution >= 0.6 is 0 Å². The minimum atomic E-state index is 0.398. The molecule has 144 valence electrons. The maximum Gasteiger partial charge on any atom is 0.123 e. The van der Waals surface area contributed by atoms with Crippen molar-refractivity contribution in [2.24, 2.45) is 0 Å². The molecule has 0 aliphatic carbocycles. The highest BCUT2D eigenvalue weighted by molar-refractivity contribution is 5.94. The third-order valence-corrected chi connectivity index (χ3v) is 6.40. The zero-order valence-electron chi connectivity index (χ0n) is 17.5. The van der Waals surface area contributed by atoms with Crippen molar-refractivity contribution in [2.45, 2.75) is 52.1 Å². The molecule has 2 aromatic carbocycles. The zero-order valence-corrected chi connectivity index (χ0v) is 17.5. The molecule has 3 heterocycles. The van der Waals surface area contributed by atoms with Gasteiger partial charge in [-0.1, -0.05) is 64.1 Å². The number of hydrogen-bond acceptors (Lipinski definition) is 2. The number of likely N-dealkylation sites (N-methyl/N-ethyl adjacent to an activating group) is 1. The second-order valence-electron chi connectivity index (χ2n) is 8.80. The minimum Gasteiger partial charge on any atom is -0.358 e. The van der Waals surface area contributed by atoms with Crippen LogP contribution in [0.25, 0.3) is 16.6 Å². The van der Waals surface area contributed by atoms with Gasteiger partial charge >= 0.3 is 0 Å². The first kappa shape index (κ1) is 17.4. The number of para-hydroxylation sites is 2. The Morgan fingerprint density at radius 2 is 1.54 bits per heavy atom. The molecule has 0 N–H and O–H groups in total. The normalized spacial score (nSPS) is 18.0. The van der Waals surface area contributed by atoms with Crippen molar-refractivity contribution in [3.8, 4) is 5.69 Å². The highest BCUT2D eigenvalue weighted by Crippen LogP contribution is 2.46. The van der Waals surface area contributed by atoms with E-state index >= 15 is 0 Å². The zero-order chi connectivity index (χ0) is 19.6. The first-order chi connectivity index (χ1) is 13.5. The van der Waals surface area contributed by atoms with Gasteiger partial charge in [-0.3, -0.25) is 4.57 Å². The predicted molar refractivity (Wildman–Crippen MR) is 118 cm³/mol. The fourth-order valence-electron chi connectivity index (χ4n) is 4.97. The maximum absolute atomic E-state index is 2.55. The van der Waals surface area contributed by atoms with Crippen LogP contribution in [0.5, 0.6) is 0 Å². The molecule has 2 aliphatic heterocycles. The van der Waals surface area contributed by atoms with E-state index in [0.29, 0.717) is 18.0 Å². The third-order valence-electron chi connectivity index (χ3n) is 6.40. The van der Waals surface area contributed by atoms with Crippen LogP contribution in [0.4, 0.5) is 5.82 Å². The van der Waals surface area contributed by atoms with E-state index in [4.69, 9.17) is 0 Å². The van der Waals surface area contributed by atoms with Crippen molar-refractivity contribution < 1.29 is 0 Å². The lowest BCUT2D eigenvalue weighted by atomic mass is 9.92. The van der Waals surface area contributed by atoms with Crippen LogP contribution < -0.4 is 4.90 Å². The Labute approximate surface area is 167 Å². The van der Waals surface area contributed by atoms with E-state index in [2.05, 4.69) is 104 Å². The molecule has 1 atom stereocenters. The van der Waals surface area contributed by atoms with Gasteiger partial charge in [-0.15, -0.1) is 0 Å². The minimum absolute atomic E-state index is 0.398. The van der Waals surface area contributed by atoms with Gasteiger partial charge in [-0.05, 0) is 29.0 Å². The second kappa shape index (κ2) is 6.16. The Morgan fingerprint density at radius 3 is 2.21 bits per heavy atom. The molecule has 0 amide bonds. The van der Waals surface area contributed by atoms with Crippen molar-refractivity contribution in [1.29, 1.82) is 0 Å². The molecule has 1 unspecified atom stereocenters. The fourth-order valence-corrected chi connectivity index (χ4v) is 4.97. The topological polar surface area (TPSA) is 11.4 Å². The summed E-state index contributed by atoms with van der Waals surface area (Å²) >= 11 is 0. The molecule has 0 spiro atoms. The summed E-state index contributed by atoms with van der Waals surface area (Å²) in [6, 6.07) is 15.8. The molecule has 3 nitrogen and oxygen atoms in total. The lowest BCUT2D eigenvalue weighted by molar-refractivity contribution is 0.368. The Morgan fingerprint density at radius 1 is 0.857 bits per heavy atom. The van der Waals surface area contributed by atoms with E-state index in [9.17, 15) is 0 Å². The molecular weight excluding hydrogens is 342 g/mol.